The average molecular weight is 403 g/mol. The van der Waals surface area contributed by atoms with E-state index in [1.807, 2.05) is 6.92 Å². The molecule has 0 spiro atoms. The predicted molar refractivity (Wildman–Crippen MR) is 105 cm³/mol. The smallest absolute Gasteiger partial charge is 0.253 e. The second-order valence-electron chi connectivity index (χ2n) is 6.20. The number of aromatic hydroxyl groups is 1. The van der Waals surface area contributed by atoms with Gasteiger partial charge in [0.2, 0.25) is 0 Å². The minimum Gasteiger partial charge on any atom is -0.505 e. The third kappa shape index (κ3) is 4.40. The van der Waals surface area contributed by atoms with Crippen LogP contribution in [0.5, 0.6) is 5.75 Å². The van der Waals surface area contributed by atoms with Gasteiger partial charge in [-0.25, -0.2) is 8.78 Å². The zero-order valence-electron chi connectivity index (χ0n) is 14.9. The van der Waals surface area contributed by atoms with Gasteiger partial charge < -0.3 is 15.7 Å². The first kappa shape index (κ1) is 19.6. The third-order valence-electron chi connectivity index (χ3n) is 4.23. The van der Waals surface area contributed by atoms with Crippen molar-refractivity contribution >= 4 is 28.9 Å². The largest absolute Gasteiger partial charge is 0.505 e. The molecular weight excluding hydrogens is 386 g/mol. The lowest BCUT2D eigenvalue weighted by atomic mass is 10.1. The Morgan fingerprint density at radius 1 is 1.07 bits per heavy atom. The molecule has 0 fully saturated rings. The van der Waals surface area contributed by atoms with Crippen molar-refractivity contribution in [2.24, 2.45) is 0 Å². The summed E-state index contributed by atoms with van der Waals surface area (Å²) in [6.45, 7) is 1.84. The second kappa shape index (κ2) is 8.27. The highest BCUT2D eigenvalue weighted by atomic mass is 35.5. The Balaban J connectivity index is 1.82. The van der Waals surface area contributed by atoms with Crippen LogP contribution in [0.15, 0.2) is 54.6 Å². The molecule has 3 aromatic rings. The minimum absolute atomic E-state index is 0.0161. The normalized spacial score (nSPS) is 10.6. The van der Waals surface area contributed by atoms with E-state index >= 15 is 0 Å². The average Bonchev–Trinajstić information content (AvgIpc) is 2.67. The molecule has 0 bridgehead atoms. The van der Waals surface area contributed by atoms with Gasteiger partial charge in [-0.15, -0.1) is 0 Å². The zero-order chi connectivity index (χ0) is 20.3. The van der Waals surface area contributed by atoms with Gasteiger partial charge >= 0.3 is 0 Å². The van der Waals surface area contributed by atoms with E-state index in [4.69, 9.17) is 11.6 Å². The number of hydrogen-bond acceptors (Lipinski definition) is 3. The SMILES string of the molecule is Cc1c(Cl)cccc1Nc1ccc(F)cc1C(=O)NCc1ccc(O)c(F)c1. The molecule has 0 saturated heterocycles. The number of phenols is 1. The highest BCUT2D eigenvalue weighted by molar-refractivity contribution is 6.31. The molecule has 7 heteroatoms. The summed E-state index contributed by atoms with van der Waals surface area (Å²) in [4.78, 5) is 12.6. The van der Waals surface area contributed by atoms with Gasteiger partial charge in [0.25, 0.3) is 5.91 Å². The summed E-state index contributed by atoms with van der Waals surface area (Å²) in [6, 6.07) is 12.9. The number of carbonyl (C=O) groups is 1. The molecular formula is C21H17ClF2N2O2. The summed E-state index contributed by atoms with van der Waals surface area (Å²) in [6.07, 6.45) is 0. The fourth-order valence-corrected chi connectivity index (χ4v) is 2.81. The van der Waals surface area contributed by atoms with Crippen LogP contribution in [-0.4, -0.2) is 11.0 Å². The fraction of sp³-hybridized carbons (Fsp3) is 0.0952. The van der Waals surface area contributed by atoms with Crippen LogP contribution in [0.2, 0.25) is 5.02 Å². The Morgan fingerprint density at radius 3 is 2.61 bits per heavy atom. The van der Waals surface area contributed by atoms with Crippen LogP contribution < -0.4 is 10.6 Å². The van der Waals surface area contributed by atoms with Crippen molar-refractivity contribution in [3.8, 4) is 5.75 Å². The summed E-state index contributed by atoms with van der Waals surface area (Å²) >= 11 is 6.12. The fourth-order valence-electron chi connectivity index (χ4n) is 2.64. The van der Waals surface area contributed by atoms with Crippen molar-refractivity contribution in [3.63, 3.8) is 0 Å². The molecule has 0 radical (unpaired) electrons. The monoisotopic (exact) mass is 402 g/mol. The van der Waals surface area contributed by atoms with Crippen molar-refractivity contribution in [2.45, 2.75) is 13.5 Å². The second-order valence-corrected chi connectivity index (χ2v) is 6.60. The first-order valence-corrected chi connectivity index (χ1v) is 8.80. The summed E-state index contributed by atoms with van der Waals surface area (Å²) in [5.41, 5.74) is 2.44. The van der Waals surface area contributed by atoms with Crippen molar-refractivity contribution in [1.29, 1.82) is 0 Å². The summed E-state index contributed by atoms with van der Waals surface area (Å²) in [5.74, 6) is -2.34. The van der Waals surface area contributed by atoms with Crippen LogP contribution in [0, 0.1) is 18.6 Å². The molecule has 0 aliphatic rings. The number of anilines is 2. The Bertz CT molecular complexity index is 1040. The van der Waals surface area contributed by atoms with Gasteiger partial charge in [-0.2, -0.15) is 0 Å². The molecule has 144 valence electrons. The Labute approximate surface area is 165 Å². The quantitative estimate of drug-likeness (QED) is 0.542. The first-order valence-electron chi connectivity index (χ1n) is 8.42. The van der Waals surface area contributed by atoms with E-state index in [0.29, 0.717) is 22.0 Å². The van der Waals surface area contributed by atoms with Crippen molar-refractivity contribution in [2.75, 3.05) is 5.32 Å². The number of halogens is 3. The van der Waals surface area contributed by atoms with Gasteiger partial charge in [0, 0.05) is 17.3 Å². The lowest BCUT2D eigenvalue weighted by molar-refractivity contribution is 0.0951. The molecule has 0 saturated carbocycles. The maximum atomic E-state index is 13.7. The highest BCUT2D eigenvalue weighted by Gasteiger charge is 2.14. The van der Waals surface area contributed by atoms with E-state index in [1.54, 1.807) is 18.2 Å². The number of phenolic OH excluding ortho intramolecular Hbond substituents is 1. The molecule has 0 aliphatic carbocycles. The molecule has 0 heterocycles. The Morgan fingerprint density at radius 2 is 1.86 bits per heavy atom. The molecule has 0 unspecified atom stereocenters. The number of carbonyl (C=O) groups excluding carboxylic acids is 1. The lowest BCUT2D eigenvalue weighted by Gasteiger charge is -2.15. The first-order chi connectivity index (χ1) is 13.3. The van der Waals surface area contributed by atoms with E-state index < -0.39 is 23.3 Å². The van der Waals surface area contributed by atoms with Crippen LogP contribution >= 0.6 is 11.6 Å². The maximum Gasteiger partial charge on any atom is 0.253 e. The van der Waals surface area contributed by atoms with Gasteiger partial charge in [0.15, 0.2) is 11.6 Å². The van der Waals surface area contributed by atoms with Gasteiger partial charge in [0.05, 0.1) is 11.3 Å². The van der Waals surface area contributed by atoms with E-state index in [0.717, 1.165) is 17.7 Å². The van der Waals surface area contributed by atoms with Crippen molar-refractivity contribution in [3.05, 3.63) is 87.9 Å². The number of benzene rings is 3. The van der Waals surface area contributed by atoms with E-state index in [1.165, 1.54) is 24.3 Å². The summed E-state index contributed by atoms with van der Waals surface area (Å²) in [5, 5.41) is 15.5. The van der Waals surface area contributed by atoms with Crippen LogP contribution in [0.1, 0.15) is 21.5 Å². The molecule has 0 aromatic heterocycles. The van der Waals surface area contributed by atoms with Crippen LogP contribution in [0.4, 0.5) is 20.2 Å². The zero-order valence-corrected chi connectivity index (χ0v) is 15.6. The van der Waals surface area contributed by atoms with E-state index in [9.17, 15) is 18.7 Å². The third-order valence-corrected chi connectivity index (χ3v) is 4.64. The topological polar surface area (TPSA) is 61.4 Å². The maximum absolute atomic E-state index is 13.7. The van der Waals surface area contributed by atoms with Gasteiger partial charge in [-0.3, -0.25) is 4.79 Å². The van der Waals surface area contributed by atoms with Crippen LogP contribution in [0.25, 0.3) is 0 Å². The molecule has 0 aliphatic heterocycles. The van der Waals surface area contributed by atoms with Gasteiger partial charge in [-0.1, -0.05) is 23.7 Å². The number of nitrogens with one attached hydrogen (secondary N) is 2. The van der Waals surface area contributed by atoms with Crippen LogP contribution in [0.3, 0.4) is 0 Å². The van der Waals surface area contributed by atoms with Gasteiger partial charge in [-0.05, 0) is 60.5 Å². The van der Waals surface area contributed by atoms with Crippen molar-refractivity contribution < 1.29 is 18.7 Å². The van der Waals surface area contributed by atoms with E-state index in [-0.39, 0.29) is 12.1 Å². The lowest BCUT2D eigenvalue weighted by Crippen LogP contribution is -2.24. The minimum atomic E-state index is -0.781. The van der Waals surface area contributed by atoms with Crippen molar-refractivity contribution in [1.82, 2.24) is 5.32 Å². The Kier molecular flexibility index (Phi) is 5.80. The van der Waals surface area contributed by atoms with Gasteiger partial charge in [0.1, 0.15) is 5.82 Å². The molecule has 1 amide bonds. The Hall–Kier alpha value is -3.12. The number of rotatable bonds is 5. The van der Waals surface area contributed by atoms with Crippen LogP contribution in [-0.2, 0) is 6.54 Å². The molecule has 3 aromatic carbocycles. The standard InChI is InChI=1S/C21H17ClF2N2O2/c1-12-16(22)3-2-4-18(12)26-19-7-6-14(23)10-15(19)21(28)25-11-13-5-8-20(27)17(24)9-13/h2-10,26-27H,11H2,1H3,(H,25,28). The predicted octanol–water partition coefficient (Wildman–Crippen LogP) is 5.31. The number of amides is 1. The molecule has 4 nitrogen and oxygen atoms in total. The highest BCUT2D eigenvalue weighted by Crippen LogP contribution is 2.28. The summed E-state index contributed by atoms with van der Waals surface area (Å²) < 4.78 is 27.2. The molecule has 3 N–H and O–H groups in total. The molecule has 0 atom stereocenters. The van der Waals surface area contributed by atoms with E-state index in [2.05, 4.69) is 10.6 Å². The summed E-state index contributed by atoms with van der Waals surface area (Å²) in [7, 11) is 0. The number of hydrogen-bond donors (Lipinski definition) is 3. The molecule has 3 rings (SSSR count). The molecule has 28 heavy (non-hydrogen) atoms.